The summed E-state index contributed by atoms with van der Waals surface area (Å²) in [6, 6.07) is 8.15. The number of nitrogens with zero attached hydrogens (tertiary/aromatic N) is 1. The van der Waals surface area contributed by atoms with Gasteiger partial charge in [-0.1, -0.05) is 24.3 Å². The molecule has 0 atom stereocenters. The predicted molar refractivity (Wildman–Crippen MR) is 73.5 cm³/mol. The van der Waals surface area contributed by atoms with Crippen LogP contribution in [0.25, 0.3) is 6.08 Å². The summed E-state index contributed by atoms with van der Waals surface area (Å²) in [5, 5.41) is 3.07. The van der Waals surface area contributed by atoms with Crippen molar-refractivity contribution in [1.29, 1.82) is 0 Å². The van der Waals surface area contributed by atoms with Crippen molar-refractivity contribution in [2.45, 2.75) is 0 Å². The van der Waals surface area contributed by atoms with Gasteiger partial charge in [-0.2, -0.15) is 0 Å². The maximum Gasteiger partial charge on any atom is 0.119 e. The van der Waals surface area contributed by atoms with E-state index in [-0.39, 0.29) is 0 Å². The van der Waals surface area contributed by atoms with Crippen LogP contribution in [0, 0.1) is 0 Å². The van der Waals surface area contributed by atoms with E-state index in [1.54, 1.807) is 0 Å². The quantitative estimate of drug-likeness (QED) is 0.779. The molecule has 0 unspecified atom stereocenters. The van der Waals surface area contributed by atoms with Crippen LogP contribution < -0.4 is 10.1 Å². The topological polar surface area (TPSA) is 24.5 Å². The molecule has 0 saturated heterocycles. The van der Waals surface area contributed by atoms with Gasteiger partial charge in [-0.3, -0.25) is 0 Å². The zero-order chi connectivity index (χ0) is 12.5. The van der Waals surface area contributed by atoms with Gasteiger partial charge < -0.3 is 15.0 Å². The highest BCUT2D eigenvalue weighted by molar-refractivity contribution is 5.50. The third-order valence-corrected chi connectivity index (χ3v) is 2.32. The van der Waals surface area contributed by atoms with Gasteiger partial charge in [0.15, 0.2) is 0 Å². The third-order valence-electron chi connectivity index (χ3n) is 2.32. The Morgan fingerprint density at radius 1 is 1.24 bits per heavy atom. The average molecular weight is 234 g/mol. The molecular weight excluding hydrogens is 212 g/mol. The van der Waals surface area contributed by atoms with Crippen LogP contribution in [0.15, 0.2) is 30.3 Å². The van der Waals surface area contributed by atoms with Gasteiger partial charge in [0, 0.05) is 13.1 Å². The summed E-state index contributed by atoms with van der Waals surface area (Å²) in [6.07, 6.45) is 4.20. The molecule has 3 nitrogen and oxygen atoms in total. The number of ether oxygens (including phenoxy) is 1. The first kappa shape index (κ1) is 13.7. The monoisotopic (exact) mass is 234 g/mol. The molecule has 94 valence electrons. The van der Waals surface area contributed by atoms with Gasteiger partial charge in [0.1, 0.15) is 12.4 Å². The van der Waals surface area contributed by atoms with Crippen LogP contribution >= 0.6 is 0 Å². The van der Waals surface area contributed by atoms with Crippen molar-refractivity contribution in [3.05, 3.63) is 35.9 Å². The van der Waals surface area contributed by atoms with E-state index < -0.39 is 0 Å². The van der Waals surface area contributed by atoms with E-state index >= 15 is 0 Å². The summed E-state index contributed by atoms with van der Waals surface area (Å²) >= 11 is 0. The Morgan fingerprint density at radius 3 is 2.53 bits per heavy atom. The van der Waals surface area contributed by atoms with E-state index in [0.29, 0.717) is 0 Å². The molecule has 0 radical (unpaired) electrons. The van der Waals surface area contributed by atoms with Gasteiger partial charge in [-0.15, -0.1) is 0 Å². The summed E-state index contributed by atoms with van der Waals surface area (Å²) in [5.41, 5.74) is 1.19. The minimum atomic E-state index is 0.724. The molecule has 17 heavy (non-hydrogen) atoms. The number of likely N-dealkylation sites (N-methyl/N-ethyl adjacent to an activating group) is 2. The third kappa shape index (κ3) is 6.09. The lowest BCUT2D eigenvalue weighted by molar-refractivity contribution is 0.261. The molecule has 1 N–H and O–H groups in total. The number of nitrogens with one attached hydrogen (secondary N) is 1. The highest BCUT2D eigenvalue weighted by Gasteiger charge is 1.94. The second-order valence-electron chi connectivity index (χ2n) is 4.18. The summed E-state index contributed by atoms with van der Waals surface area (Å²) in [7, 11) is 6.02. The van der Waals surface area contributed by atoms with Gasteiger partial charge >= 0.3 is 0 Å². The summed E-state index contributed by atoms with van der Waals surface area (Å²) < 4.78 is 5.62. The largest absolute Gasteiger partial charge is 0.492 e. The smallest absolute Gasteiger partial charge is 0.119 e. The lowest BCUT2D eigenvalue weighted by Gasteiger charge is -2.10. The van der Waals surface area contributed by atoms with Gasteiger partial charge in [-0.05, 0) is 38.8 Å². The summed E-state index contributed by atoms with van der Waals surface area (Å²) in [6.45, 7) is 2.55. The van der Waals surface area contributed by atoms with Crippen molar-refractivity contribution in [3.63, 3.8) is 0 Å². The predicted octanol–water partition coefficient (Wildman–Crippen LogP) is 1.86. The zero-order valence-corrected chi connectivity index (χ0v) is 10.9. The van der Waals surface area contributed by atoms with Gasteiger partial charge in [0.05, 0.1) is 0 Å². The molecule has 0 heterocycles. The minimum Gasteiger partial charge on any atom is -0.492 e. The maximum atomic E-state index is 5.62. The van der Waals surface area contributed by atoms with Crippen molar-refractivity contribution in [3.8, 4) is 5.75 Å². The van der Waals surface area contributed by atoms with E-state index in [0.717, 1.165) is 25.4 Å². The second-order valence-corrected chi connectivity index (χ2v) is 4.18. The lowest BCUT2D eigenvalue weighted by Crippen LogP contribution is -2.19. The van der Waals surface area contributed by atoms with Crippen LogP contribution in [0.4, 0.5) is 0 Å². The van der Waals surface area contributed by atoms with Gasteiger partial charge in [-0.25, -0.2) is 0 Å². The molecule has 1 aromatic carbocycles. The van der Waals surface area contributed by atoms with Crippen molar-refractivity contribution >= 4 is 6.08 Å². The molecule has 0 aliphatic carbocycles. The van der Waals surface area contributed by atoms with Crippen LogP contribution in [0.2, 0.25) is 0 Å². The fourth-order valence-corrected chi connectivity index (χ4v) is 1.33. The second kappa shape index (κ2) is 7.87. The van der Waals surface area contributed by atoms with Crippen LogP contribution in [0.1, 0.15) is 5.56 Å². The van der Waals surface area contributed by atoms with Crippen molar-refractivity contribution in [1.82, 2.24) is 10.2 Å². The molecule has 1 rings (SSSR count). The zero-order valence-electron chi connectivity index (χ0n) is 10.9. The van der Waals surface area contributed by atoms with E-state index in [9.17, 15) is 0 Å². The molecule has 0 aliphatic heterocycles. The van der Waals surface area contributed by atoms with Crippen LogP contribution in [0.5, 0.6) is 5.75 Å². The van der Waals surface area contributed by atoms with E-state index in [4.69, 9.17) is 4.74 Å². The molecule has 1 aromatic rings. The van der Waals surface area contributed by atoms with Gasteiger partial charge in [0.2, 0.25) is 0 Å². The minimum absolute atomic E-state index is 0.724. The van der Waals surface area contributed by atoms with E-state index in [1.807, 2.05) is 33.3 Å². The number of hydrogen-bond acceptors (Lipinski definition) is 3. The molecule has 0 bridgehead atoms. The summed E-state index contributed by atoms with van der Waals surface area (Å²) in [5.74, 6) is 0.928. The first-order chi connectivity index (χ1) is 8.22. The lowest BCUT2D eigenvalue weighted by atomic mass is 10.2. The first-order valence-corrected chi connectivity index (χ1v) is 5.91. The number of rotatable bonds is 7. The fraction of sp³-hybridized carbons (Fsp3) is 0.429. The average Bonchev–Trinajstić information content (AvgIpc) is 2.31. The molecule has 0 amide bonds. The molecule has 0 spiro atoms. The number of benzene rings is 1. The van der Waals surface area contributed by atoms with Crippen molar-refractivity contribution in [2.75, 3.05) is 40.8 Å². The Kier molecular flexibility index (Phi) is 6.37. The van der Waals surface area contributed by atoms with E-state index in [1.165, 1.54) is 5.56 Å². The van der Waals surface area contributed by atoms with E-state index in [2.05, 4.69) is 34.5 Å². The molecule has 0 aliphatic rings. The van der Waals surface area contributed by atoms with Crippen molar-refractivity contribution < 1.29 is 4.74 Å². The van der Waals surface area contributed by atoms with Crippen LogP contribution in [-0.2, 0) is 0 Å². The van der Waals surface area contributed by atoms with Crippen molar-refractivity contribution in [2.24, 2.45) is 0 Å². The molecule has 0 saturated carbocycles. The standard InChI is InChI=1S/C14H22N2O/c1-15-10-4-5-13-6-8-14(9-7-13)17-12-11-16(2)3/h4-9,15H,10-12H2,1-3H3. The molecule has 0 fully saturated rings. The summed E-state index contributed by atoms with van der Waals surface area (Å²) in [4.78, 5) is 2.11. The Morgan fingerprint density at radius 2 is 1.94 bits per heavy atom. The van der Waals surface area contributed by atoms with Crippen LogP contribution in [-0.4, -0.2) is 45.7 Å². The van der Waals surface area contributed by atoms with Crippen LogP contribution in [0.3, 0.4) is 0 Å². The Bertz CT molecular complexity index is 331. The molecule has 3 heteroatoms. The SMILES string of the molecule is CNCC=Cc1ccc(OCCN(C)C)cc1. The maximum absolute atomic E-state index is 5.62. The number of hydrogen-bond donors (Lipinski definition) is 1. The first-order valence-electron chi connectivity index (χ1n) is 5.91. The molecular formula is C14H22N2O. The normalized spacial score (nSPS) is 11.3. The fourth-order valence-electron chi connectivity index (χ4n) is 1.33. The Balaban J connectivity index is 2.39. The Hall–Kier alpha value is -1.32. The molecule has 0 aromatic heterocycles. The van der Waals surface area contributed by atoms with Gasteiger partial charge in [0.25, 0.3) is 0 Å². The highest BCUT2D eigenvalue weighted by Crippen LogP contribution is 2.12. The Labute approximate surface area is 104 Å². The highest BCUT2D eigenvalue weighted by atomic mass is 16.5.